The number of benzene rings is 1. The van der Waals surface area contributed by atoms with E-state index < -0.39 is 0 Å². The molecular weight excluding hydrogens is 250 g/mol. The van der Waals surface area contributed by atoms with Gasteiger partial charge in [-0.1, -0.05) is 40.7 Å². The highest BCUT2D eigenvalue weighted by atomic mass is 16.5. The average molecular weight is 277 g/mol. The summed E-state index contributed by atoms with van der Waals surface area (Å²) in [6.45, 7) is 10.2. The standard InChI is InChI=1S/C15H21NO2.C2H6/c1-5-7-14(11(2)3)18-15(16)12-8-6-9-13(10-12)17-4;1-2/h6-11,16H,5H2,1-4H3;1-2H3/b14-7+,16-15?;. The third kappa shape index (κ3) is 5.91. The molecule has 0 spiro atoms. The van der Waals surface area contributed by atoms with E-state index in [1.807, 2.05) is 38.1 Å². The molecular formula is C17H27NO2. The van der Waals surface area contributed by atoms with Crippen LogP contribution in [-0.4, -0.2) is 13.0 Å². The van der Waals surface area contributed by atoms with Gasteiger partial charge in [-0.3, -0.25) is 5.41 Å². The van der Waals surface area contributed by atoms with Gasteiger partial charge in [-0.15, -0.1) is 0 Å². The van der Waals surface area contributed by atoms with E-state index in [0.717, 1.165) is 23.5 Å². The molecule has 0 aliphatic rings. The van der Waals surface area contributed by atoms with Crippen LogP contribution in [0.3, 0.4) is 0 Å². The van der Waals surface area contributed by atoms with Crippen LogP contribution < -0.4 is 4.74 Å². The molecule has 0 aliphatic heterocycles. The molecule has 0 heterocycles. The van der Waals surface area contributed by atoms with Crippen molar-refractivity contribution in [3.63, 3.8) is 0 Å². The van der Waals surface area contributed by atoms with Crippen molar-refractivity contribution >= 4 is 5.90 Å². The lowest BCUT2D eigenvalue weighted by molar-refractivity contribution is 0.353. The summed E-state index contributed by atoms with van der Waals surface area (Å²) in [7, 11) is 1.61. The van der Waals surface area contributed by atoms with E-state index in [9.17, 15) is 0 Å². The number of rotatable bonds is 5. The van der Waals surface area contributed by atoms with Crippen molar-refractivity contribution < 1.29 is 9.47 Å². The van der Waals surface area contributed by atoms with Crippen molar-refractivity contribution in [2.75, 3.05) is 7.11 Å². The van der Waals surface area contributed by atoms with Crippen LogP contribution in [0.5, 0.6) is 5.75 Å². The Hall–Kier alpha value is -1.77. The topological polar surface area (TPSA) is 42.3 Å². The fraction of sp³-hybridized carbons (Fsp3) is 0.471. The summed E-state index contributed by atoms with van der Waals surface area (Å²) in [4.78, 5) is 0. The summed E-state index contributed by atoms with van der Waals surface area (Å²) < 4.78 is 10.8. The molecule has 0 unspecified atom stereocenters. The highest BCUT2D eigenvalue weighted by Crippen LogP contribution is 2.18. The van der Waals surface area contributed by atoms with Crippen molar-refractivity contribution in [3.8, 4) is 5.75 Å². The van der Waals surface area contributed by atoms with Gasteiger partial charge in [0.25, 0.3) is 0 Å². The maximum atomic E-state index is 7.99. The first-order valence-electron chi connectivity index (χ1n) is 7.19. The molecule has 0 bridgehead atoms. The number of methoxy groups -OCH3 is 1. The van der Waals surface area contributed by atoms with E-state index >= 15 is 0 Å². The predicted molar refractivity (Wildman–Crippen MR) is 85.5 cm³/mol. The summed E-state index contributed by atoms with van der Waals surface area (Å²) in [6.07, 6.45) is 2.91. The zero-order valence-electron chi connectivity index (χ0n) is 13.5. The summed E-state index contributed by atoms with van der Waals surface area (Å²) in [6, 6.07) is 7.34. The maximum absolute atomic E-state index is 7.99. The molecule has 3 nitrogen and oxygen atoms in total. The summed E-state index contributed by atoms with van der Waals surface area (Å²) >= 11 is 0. The van der Waals surface area contributed by atoms with Crippen LogP contribution in [0.15, 0.2) is 36.1 Å². The Kier molecular flexibility index (Phi) is 9.18. The Balaban J connectivity index is 0.00000172. The lowest BCUT2D eigenvalue weighted by atomic mass is 10.1. The summed E-state index contributed by atoms with van der Waals surface area (Å²) in [5, 5.41) is 7.99. The highest BCUT2D eigenvalue weighted by Gasteiger charge is 2.10. The molecule has 0 radical (unpaired) electrons. The van der Waals surface area contributed by atoms with Crippen molar-refractivity contribution in [1.82, 2.24) is 0 Å². The molecule has 0 fully saturated rings. The zero-order valence-corrected chi connectivity index (χ0v) is 13.5. The Morgan fingerprint density at radius 1 is 1.30 bits per heavy atom. The number of nitrogens with one attached hydrogen (secondary N) is 1. The van der Waals surface area contributed by atoms with E-state index in [0.29, 0.717) is 0 Å². The molecule has 1 N–H and O–H groups in total. The third-order valence-corrected chi connectivity index (χ3v) is 2.53. The van der Waals surface area contributed by atoms with Gasteiger partial charge in [-0.2, -0.15) is 0 Å². The number of ether oxygens (including phenoxy) is 2. The third-order valence-electron chi connectivity index (χ3n) is 2.53. The Labute approximate surface area is 123 Å². The highest BCUT2D eigenvalue weighted by molar-refractivity contribution is 5.92. The smallest absolute Gasteiger partial charge is 0.218 e. The first-order chi connectivity index (χ1) is 9.58. The van der Waals surface area contributed by atoms with E-state index in [2.05, 4.69) is 20.8 Å². The molecule has 1 aromatic carbocycles. The molecule has 1 aromatic rings. The SMILES string of the molecule is CC.CC/C=C(/OC(=N)c1cccc(OC)c1)C(C)C. The summed E-state index contributed by atoms with van der Waals surface area (Å²) in [5.74, 6) is 2.00. The van der Waals surface area contributed by atoms with Gasteiger partial charge in [-0.25, -0.2) is 0 Å². The van der Waals surface area contributed by atoms with Crippen LogP contribution in [0.4, 0.5) is 0 Å². The van der Waals surface area contributed by atoms with E-state index in [4.69, 9.17) is 14.9 Å². The average Bonchev–Trinajstić information content (AvgIpc) is 2.48. The largest absolute Gasteiger partial charge is 0.497 e. The molecule has 20 heavy (non-hydrogen) atoms. The van der Waals surface area contributed by atoms with Crippen LogP contribution in [0.2, 0.25) is 0 Å². The molecule has 0 amide bonds. The minimum absolute atomic E-state index is 0.155. The number of hydrogen-bond acceptors (Lipinski definition) is 3. The quantitative estimate of drug-likeness (QED) is 0.467. The van der Waals surface area contributed by atoms with E-state index in [1.54, 1.807) is 13.2 Å². The normalized spacial score (nSPS) is 10.7. The minimum atomic E-state index is 0.155. The van der Waals surface area contributed by atoms with Crippen LogP contribution in [0, 0.1) is 11.3 Å². The van der Waals surface area contributed by atoms with Gasteiger partial charge in [-0.05, 0) is 30.7 Å². The Bertz CT molecular complexity index is 436. The van der Waals surface area contributed by atoms with Gasteiger partial charge < -0.3 is 9.47 Å². The maximum Gasteiger partial charge on any atom is 0.218 e. The first-order valence-corrected chi connectivity index (χ1v) is 7.19. The summed E-state index contributed by atoms with van der Waals surface area (Å²) in [5.41, 5.74) is 0.719. The van der Waals surface area contributed by atoms with Crippen LogP contribution >= 0.6 is 0 Å². The van der Waals surface area contributed by atoms with Gasteiger partial charge in [0.1, 0.15) is 11.5 Å². The van der Waals surface area contributed by atoms with E-state index in [-0.39, 0.29) is 11.8 Å². The van der Waals surface area contributed by atoms with E-state index in [1.165, 1.54) is 0 Å². The second kappa shape index (κ2) is 10.1. The van der Waals surface area contributed by atoms with Crippen LogP contribution in [0.25, 0.3) is 0 Å². The number of hydrogen-bond donors (Lipinski definition) is 1. The molecule has 0 saturated heterocycles. The molecule has 0 atom stereocenters. The van der Waals surface area contributed by atoms with Gasteiger partial charge in [0.15, 0.2) is 0 Å². The number of allylic oxidation sites excluding steroid dienone is 2. The zero-order chi connectivity index (χ0) is 15.5. The monoisotopic (exact) mass is 277 g/mol. The predicted octanol–water partition coefficient (Wildman–Crippen LogP) is 5.01. The second-order valence-electron chi connectivity index (χ2n) is 4.33. The lowest BCUT2D eigenvalue weighted by Crippen LogP contribution is -2.09. The second-order valence-corrected chi connectivity index (χ2v) is 4.33. The molecule has 0 aromatic heterocycles. The molecule has 112 valence electrons. The first kappa shape index (κ1) is 18.2. The van der Waals surface area contributed by atoms with Crippen molar-refractivity contribution in [2.45, 2.75) is 41.0 Å². The van der Waals surface area contributed by atoms with Gasteiger partial charge in [0.2, 0.25) is 5.90 Å². The Morgan fingerprint density at radius 3 is 2.45 bits per heavy atom. The van der Waals surface area contributed by atoms with Crippen molar-refractivity contribution in [1.29, 1.82) is 5.41 Å². The van der Waals surface area contributed by atoms with Gasteiger partial charge >= 0.3 is 0 Å². The van der Waals surface area contributed by atoms with Crippen LogP contribution in [-0.2, 0) is 4.74 Å². The van der Waals surface area contributed by atoms with Gasteiger partial charge in [0, 0.05) is 11.5 Å². The Morgan fingerprint density at radius 2 is 1.95 bits per heavy atom. The van der Waals surface area contributed by atoms with Gasteiger partial charge in [0.05, 0.1) is 7.11 Å². The lowest BCUT2D eigenvalue weighted by Gasteiger charge is -2.14. The fourth-order valence-electron chi connectivity index (χ4n) is 1.54. The molecule has 1 rings (SSSR count). The fourth-order valence-corrected chi connectivity index (χ4v) is 1.54. The van der Waals surface area contributed by atoms with Crippen molar-refractivity contribution in [3.05, 3.63) is 41.7 Å². The van der Waals surface area contributed by atoms with Crippen molar-refractivity contribution in [2.24, 2.45) is 5.92 Å². The molecule has 0 saturated carbocycles. The minimum Gasteiger partial charge on any atom is -0.497 e. The van der Waals surface area contributed by atoms with Crippen LogP contribution in [0.1, 0.15) is 46.6 Å². The molecule has 3 heteroatoms. The molecule has 0 aliphatic carbocycles.